The topological polar surface area (TPSA) is 40.5 Å². The molecule has 0 aliphatic heterocycles. The maximum Gasteiger partial charge on any atom is 0.412 e. The number of halogens is 2. The molecular formula is C10H9BrFNO2. The fourth-order valence-electron chi connectivity index (χ4n) is 1.45. The first kappa shape index (κ1) is 10.4. The van der Waals surface area contributed by atoms with Crippen LogP contribution in [0.4, 0.5) is 14.9 Å². The molecule has 3 nitrogen and oxygen atoms in total. The van der Waals surface area contributed by atoms with Crippen molar-refractivity contribution in [3.8, 4) is 0 Å². The summed E-state index contributed by atoms with van der Waals surface area (Å²) in [5.41, 5.74) is 0.394. The molecule has 1 aliphatic carbocycles. The smallest absolute Gasteiger partial charge is 0.412 e. The summed E-state index contributed by atoms with van der Waals surface area (Å²) < 4.78 is 13.6. The summed E-state index contributed by atoms with van der Waals surface area (Å²) >= 11 is 3.03. The van der Waals surface area contributed by atoms with Gasteiger partial charge in [-0.3, -0.25) is 4.90 Å². The van der Waals surface area contributed by atoms with Gasteiger partial charge in [-0.2, -0.15) is 0 Å². The first-order valence-electron chi connectivity index (χ1n) is 4.57. The number of nitrogens with zero attached hydrogens (tertiary/aromatic N) is 1. The molecule has 15 heavy (non-hydrogen) atoms. The van der Waals surface area contributed by atoms with Gasteiger partial charge in [0.1, 0.15) is 5.82 Å². The van der Waals surface area contributed by atoms with E-state index >= 15 is 0 Å². The van der Waals surface area contributed by atoms with Crippen LogP contribution in [-0.4, -0.2) is 17.2 Å². The molecule has 0 radical (unpaired) electrons. The molecule has 1 amide bonds. The molecule has 1 saturated carbocycles. The Bertz CT molecular complexity index is 406. The first-order valence-corrected chi connectivity index (χ1v) is 5.36. The molecule has 1 fully saturated rings. The van der Waals surface area contributed by atoms with Crippen molar-refractivity contribution in [3.63, 3.8) is 0 Å². The molecule has 0 aromatic heterocycles. The molecule has 5 heteroatoms. The van der Waals surface area contributed by atoms with Crippen LogP contribution >= 0.6 is 15.9 Å². The third kappa shape index (κ3) is 2.12. The van der Waals surface area contributed by atoms with Crippen molar-refractivity contribution in [2.75, 3.05) is 4.90 Å². The average molecular weight is 274 g/mol. The second-order valence-corrected chi connectivity index (χ2v) is 4.34. The van der Waals surface area contributed by atoms with Crippen LogP contribution in [0.5, 0.6) is 0 Å². The van der Waals surface area contributed by atoms with Gasteiger partial charge in [0.05, 0.1) is 10.2 Å². The van der Waals surface area contributed by atoms with Crippen LogP contribution in [0.2, 0.25) is 0 Å². The summed E-state index contributed by atoms with van der Waals surface area (Å²) in [6.07, 6.45) is 0.674. The molecule has 1 aliphatic rings. The van der Waals surface area contributed by atoms with E-state index in [0.717, 1.165) is 12.8 Å². The minimum atomic E-state index is -1.03. The van der Waals surface area contributed by atoms with Gasteiger partial charge in [0.15, 0.2) is 0 Å². The SMILES string of the molecule is O=C(O)N(c1ccc(Br)c(F)c1)C1CC1. The zero-order valence-electron chi connectivity index (χ0n) is 7.78. The van der Waals surface area contributed by atoms with E-state index in [1.807, 2.05) is 0 Å². The van der Waals surface area contributed by atoms with E-state index in [1.54, 1.807) is 6.07 Å². The van der Waals surface area contributed by atoms with Crippen molar-refractivity contribution in [2.45, 2.75) is 18.9 Å². The Morgan fingerprint density at radius 3 is 2.67 bits per heavy atom. The van der Waals surface area contributed by atoms with Gasteiger partial charge in [0.25, 0.3) is 0 Å². The van der Waals surface area contributed by atoms with Gasteiger partial charge in [0.2, 0.25) is 0 Å². The summed E-state index contributed by atoms with van der Waals surface area (Å²) in [7, 11) is 0. The highest BCUT2D eigenvalue weighted by Gasteiger charge is 2.33. The third-order valence-electron chi connectivity index (χ3n) is 2.30. The van der Waals surface area contributed by atoms with E-state index in [2.05, 4.69) is 15.9 Å². The van der Waals surface area contributed by atoms with Gasteiger partial charge in [-0.1, -0.05) is 0 Å². The number of anilines is 1. The molecule has 0 heterocycles. The predicted octanol–water partition coefficient (Wildman–Crippen LogP) is 3.24. The summed E-state index contributed by atoms with van der Waals surface area (Å²) in [6, 6.07) is 4.36. The number of amides is 1. The highest BCUT2D eigenvalue weighted by atomic mass is 79.9. The predicted molar refractivity (Wildman–Crippen MR) is 57.6 cm³/mol. The van der Waals surface area contributed by atoms with Gasteiger partial charge in [-0.25, -0.2) is 9.18 Å². The number of hydrogen-bond donors (Lipinski definition) is 1. The van der Waals surface area contributed by atoms with Gasteiger partial charge >= 0.3 is 6.09 Å². The van der Waals surface area contributed by atoms with E-state index in [9.17, 15) is 9.18 Å². The van der Waals surface area contributed by atoms with E-state index in [4.69, 9.17) is 5.11 Å². The van der Waals surface area contributed by atoms with Crippen molar-refractivity contribution < 1.29 is 14.3 Å². The number of benzene rings is 1. The Morgan fingerprint density at radius 2 is 2.20 bits per heavy atom. The summed E-state index contributed by atoms with van der Waals surface area (Å²) in [5, 5.41) is 8.99. The fraction of sp³-hybridized carbons (Fsp3) is 0.300. The normalized spacial score (nSPS) is 15.1. The molecule has 2 rings (SSSR count). The van der Waals surface area contributed by atoms with Gasteiger partial charge in [-0.05, 0) is 47.0 Å². The van der Waals surface area contributed by atoms with Crippen LogP contribution in [0.15, 0.2) is 22.7 Å². The number of carbonyl (C=O) groups is 1. The molecule has 80 valence electrons. The second-order valence-electron chi connectivity index (χ2n) is 3.48. The van der Waals surface area contributed by atoms with Crippen LogP contribution in [0, 0.1) is 5.82 Å². The van der Waals surface area contributed by atoms with E-state index in [0.29, 0.717) is 10.2 Å². The molecular weight excluding hydrogens is 265 g/mol. The standard InChI is InChI=1S/C10H9BrFNO2/c11-8-4-3-7(5-9(8)12)13(10(14)15)6-1-2-6/h3-6H,1-2H2,(H,14,15). The van der Waals surface area contributed by atoms with E-state index < -0.39 is 11.9 Å². The summed E-state index contributed by atoms with van der Waals surface area (Å²) in [4.78, 5) is 12.2. The highest BCUT2D eigenvalue weighted by molar-refractivity contribution is 9.10. The lowest BCUT2D eigenvalue weighted by Gasteiger charge is -2.18. The number of carboxylic acid groups (broad SMARTS) is 1. The lowest BCUT2D eigenvalue weighted by atomic mass is 10.3. The van der Waals surface area contributed by atoms with Crippen molar-refractivity contribution in [1.29, 1.82) is 0 Å². The maximum atomic E-state index is 13.2. The maximum absolute atomic E-state index is 13.2. The Labute approximate surface area is 94.6 Å². The van der Waals surface area contributed by atoms with Crippen LogP contribution in [-0.2, 0) is 0 Å². The highest BCUT2D eigenvalue weighted by Crippen LogP contribution is 2.33. The lowest BCUT2D eigenvalue weighted by molar-refractivity contribution is 0.201. The molecule has 0 atom stereocenters. The summed E-state index contributed by atoms with van der Waals surface area (Å²) in [6.45, 7) is 0. The Balaban J connectivity index is 2.33. The Kier molecular flexibility index (Phi) is 2.65. The van der Waals surface area contributed by atoms with Crippen LogP contribution in [0.25, 0.3) is 0 Å². The Morgan fingerprint density at radius 1 is 1.53 bits per heavy atom. The molecule has 0 unspecified atom stereocenters. The van der Waals surface area contributed by atoms with Gasteiger partial charge in [0, 0.05) is 6.04 Å². The lowest BCUT2D eigenvalue weighted by Crippen LogP contribution is -2.31. The van der Waals surface area contributed by atoms with Crippen molar-refractivity contribution >= 4 is 27.7 Å². The van der Waals surface area contributed by atoms with Crippen molar-refractivity contribution in [3.05, 3.63) is 28.5 Å². The molecule has 1 aromatic carbocycles. The summed E-state index contributed by atoms with van der Waals surface area (Å²) in [5.74, 6) is -0.445. The van der Waals surface area contributed by atoms with Crippen molar-refractivity contribution in [2.24, 2.45) is 0 Å². The molecule has 0 saturated heterocycles. The van der Waals surface area contributed by atoms with Crippen LogP contribution in [0.1, 0.15) is 12.8 Å². The molecule has 0 spiro atoms. The zero-order valence-corrected chi connectivity index (χ0v) is 9.37. The first-order chi connectivity index (χ1) is 7.09. The average Bonchev–Trinajstić information content (AvgIpc) is 2.95. The van der Waals surface area contributed by atoms with Crippen LogP contribution in [0.3, 0.4) is 0 Å². The van der Waals surface area contributed by atoms with Crippen LogP contribution < -0.4 is 4.90 Å². The monoisotopic (exact) mass is 273 g/mol. The third-order valence-corrected chi connectivity index (χ3v) is 2.94. The van der Waals surface area contributed by atoms with E-state index in [-0.39, 0.29) is 6.04 Å². The largest absolute Gasteiger partial charge is 0.465 e. The number of hydrogen-bond acceptors (Lipinski definition) is 1. The van der Waals surface area contributed by atoms with Gasteiger partial charge < -0.3 is 5.11 Å². The zero-order chi connectivity index (χ0) is 11.0. The number of rotatable bonds is 2. The van der Waals surface area contributed by atoms with Gasteiger partial charge in [-0.15, -0.1) is 0 Å². The second kappa shape index (κ2) is 3.81. The minimum Gasteiger partial charge on any atom is -0.465 e. The Hall–Kier alpha value is -1.10. The molecule has 1 N–H and O–H groups in total. The molecule has 1 aromatic rings. The minimum absolute atomic E-state index is 0.0167. The van der Waals surface area contributed by atoms with Crippen molar-refractivity contribution in [1.82, 2.24) is 0 Å². The molecule has 0 bridgehead atoms. The fourth-order valence-corrected chi connectivity index (χ4v) is 1.69. The van der Waals surface area contributed by atoms with E-state index in [1.165, 1.54) is 17.0 Å². The quantitative estimate of drug-likeness (QED) is 0.899.